The van der Waals surface area contributed by atoms with Gasteiger partial charge in [0.05, 0.1) is 12.9 Å². The molecule has 4 rings (SSSR count). The van der Waals surface area contributed by atoms with Gasteiger partial charge in [0.2, 0.25) is 5.91 Å². The van der Waals surface area contributed by atoms with Crippen LogP contribution in [0.2, 0.25) is 0 Å². The summed E-state index contributed by atoms with van der Waals surface area (Å²) in [6.07, 6.45) is 0. The lowest BCUT2D eigenvalue weighted by Gasteiger charge is -2.08. The molecule has 2 aromatic carbocycles. The highest BCUT2D eigenvalue weighted by Crippen LogP contribution is 2.36. The van der Waals surface area contributed by atoms with Crippen molar-refractivity contribution in [3.05, 3.63) is 71.1 Å². The van der Waals surface area contributed by atoms with Gasteiger partial charge in [-0.25, -0.2) is 4.79 Å². The molecule has 1 amide bonds. The molecule has 1 N–H and O–H groups in total. The van der Waals surface area contributed by atoms with Crippen LogP contribution in [0, 0.1) is 6.92 Å². The third-order valence-electron chi connectivity index (χ3n) is 5.00. The van der Waals surface area contributed by atoms with Crippen LogP contribution in [0.15, 0.2) is 65.1 Å². The minimum Gasteiger partial charge on any atom is -0.465 e. The molecule has 0 saturated carbocycles. The Labute approximate surface area is 199 Å². The standard InChI is InChI=1S/C24H22N4O3S2/c1-15-9-11-16(12-10-15)18-13-32-22(20(18)23(30)31-3)25-19(29)14-33-24-27-26-21(28(24)2)17-7-5-4-6-8-17/h4-13H,14H2,1-3H3,(H,25,29). The summed E-state index contributed by atoms with van der Waals surface area (Å²) in [7, 11) is 3.20. The summed E-state index contributed by atoms with van der Waals surface area (Å²) in [6, 6.07) is 17.6. The van der Waals surface area contributed by atoms with E-state index in [0.29, 0.717) is 15.7 Å². The van der Waals surface area contributed by atoms with Crippen LogP contribution >= 0.6 is 23.1 Å². The van der Waals surface area contributed by atoms with Crippen molar-refractivity contribution in [1.29, 1.82) is 0 Å². The number of thioether (sulfide) groups is 1. The number of rotatable bonds is 7. The predicted octanol–water partition coefficient (Wildman–Crippen LogP) is 5.04. The molecule has 33 heavy (non-hydrogen) atoms. The average molecular weight is 479 g/mol. The molecule has 2 heterocycles. The maximum atomic E-state index is 12.7. The van der Waals surface area contributed by atoms with Crippen molar-refractivity contribution in [3.63, 3.8) is 0 Å². The second kappa shape index (κ2) is 10.0. The molecule has 0 unspecified atom stereocenters. The topological polar surface area (TPSA) is 86.1 Å². The quantitative estimate of drug-likeness (QED) is 0.296. The molecule has 0 atom stereocenters. The Morgan fingerprint density at radius 1 is 1.06 bits per heavy atom. The number of thiophene rings is 1. The summed E-state index contributed by atoms with van der Waals surface area (Å²) in [6.45, 7) is 2.00. The minimum absolute atomic E-state index is 0.124. The molecular weight excluding hydrogens is 456 g/mol. The average Bonchev–Trinajstić information content (AvgIpc) is 3.41. The number of hydrogen-bond donors (Lipinski definition) is 1. The van der Waals surface area contributed by atoms with Gasteiger partial charge in [-0.1, -0.05) is 71.9 Å². The number of anilines is 1. The second-order valence-electron chi connectivity index (χ2n) is 7.28. The fraction of sp³-hybridized carbons (Fsp3) is 0.167. The summed E-state index contributed by atoms with van der Waals surface area (Å²) >= 11 is 2.58. The molecule has 0 aliphatic carbocycles. The molecule has 0 bridgehead atoms. The van der Waals surface area contributed by atoms with Crippen molar-refractivity contribution in [3.8, 4) is 22.5 Å². The van der Waals surface area contributed by atoms with Crippen LogP contribution in [-0.4, -0.2) is 39.5 Å². The van der Waals surface area contributed by atoms with E-state index in [4.69, 9.17) is 4.74 Å². The van der Waals surface area contributed by atoms with E-state index >= 15 is 0 Å². The zero-order valence-electron chi connectivity index (χ0n) is 18.4. The maximum absolute atomic E-state index is 12.7. The summed E-state index contributed by atoms with van der Waals surface area (Å²) in [5.41, 5.74) is 4.05. The van der Waals surface area contributed by atoms with Crippen molar-refractivity contribution in [1.82, 2.24) is 14.8 Å². The number of amides is 1. The predicted molar refractivity (Wildman–Crippen MR) is 132 cm³/mol. The van der Waals surface area contributed by atoms with Crippen LogP contribution < -0.4 is 5.32 Å². The molecule has 0 spiro atoms. The van der Waals surface area contributed by atoms with E-state index < -0.39 is 5.97 Å². The largest absolute Gasteiger partial charge is 0.465 e. The van der Waals surface area contributed by atoms with Gasteiger partial charge < -0.3 is 14.6 Å². The number of nitrogens with one attached hydrogen (secondary N) is 1. The van der Waals surface area contributed by atoms with Crippen LogP contribution in [-0.2, 0) is 16.6 Å². The zero-order valence-corrected chi connectivity index (χ0v) is 20.0. The van der Waals surface area contributed by atoms with E-state index in [1.165, 1.54) is 30.2 Å². The van der Waals surface area contributed by atoms with Gasteiger partial charge in [-0.3, -0.25) is 4.79 Å². The lowest BCUT2D eigenvalue weighted by Crippen LogP contribution is -2.16. The number of nitrogens with zero attached hydrogens (tertiary/aromatic N) is 3. The van der Waals surface area contributed by atoms with Gasteiger partial charge in [0.25, 0.3) is 0 Å². The van der Waals surface area contributed by atoms with Crippen LogP contribution in [0.25, 0.3) is 22.5 Å². The van der Waals surface area contributed by atoms with E-state index in [-0.39, 0.29) is 11.7 Å². The Bertz CT molecular complexity index is 1280. The van der Waals surface area contributed by atoms with E-state index in [0.717, 1.165) is 28.1 Å². The van der Waals surface area contributed by atoms with E-state index in [9.17, 15) is 9.59 Å². The molecule has 2 aromatic heterocycles. The Hall–Kier alpha value is -3.43. The van der Waals surface area contributed by atoms with E-state index in [1.54, 1.807) is 0 Å². The molecule has 0 fully saturated rings. The summed E-state index contributed by atoms with van der Waals surface area (Å²) in [4.78, 5) is 25.2. The monoisotopic (exact) mass is 478 g/mol. The number of aryl methyl sites for hydroxylation is 1. The lowest BCUT2D eigenvalue weighted by molar-refractivity contribution is -0.113. The van der Waals surface area contributed by atoms with Crippen molar-refractivity contribution in [2.24, 2.45) is 7.05 Å². The SMILES string of the molecule is COC(=O)c1c(-c2ccc(C)cc2)csc1NC(=O)CSc1nnc(-c2ccccc2)n1C. The van der Waals surface area contributed by atoms with Crippen LogP contribution in [0.3, 0.4) is 0 Å². The lowest BCUT2D eigenvalue weighted by atomic mass is 10.0. The highest BCUT2D eigenvalue weighted by atomic mass is 32.2. The van der Waals surface area contributed by atoms with Gasteiger partial charge >= 0.3 is 5.97 Å². The van der Waals surface area contributed by atoms with Gasteiger partial charge in [-0.15, -0.1) is 21.5 Å². The number of methoxy groups -OCH3 is 1. The maximum Gasteiger partial charge on any atom is 0.341 e. The minimum atomic E-state index is -0.490. The summed E-state index contributed by atoms with van der Waals surface area (Å²) < 4.78 is 6.84. The molecule has 0 saturated heterocycles. The number of carbonyl (C=O) groups excluding carboxylic acids is 2. The third-order valence-corrected chi connectivity index (χ3v) is 6.91. The molecule has 0 radical (unpaired) electrons. The number of hydrogen-bond acceptors (Lipinski definition) is 7. The van der Waals surface area contributed by atoms with Gasteiger partial charge in [0, 0.05) is 23.6 Å². The number of aromatic nitrogens is 3. The number of ether oxygens (including phenoxy) is 1. The highest BCUT2D eigenvalue weighted by molar-refractivity contribution is 7.99. The normalized spacial score (nSPS) is 10.8. The number of benzene rings is 2. The fourth-order valence-electron chi connectivity index (χ4n) is 3.27. The van der Waals surface area contributed by atoms with Crippen LogP contribution in [0.5, 0.6) is 0 Å². The van der Waals surface area contributed by atoms with Crippen LogP contribution in [0.4, 0.5) is 5.00 Å². The molecule has 7 nitrogen and oxygen atoms in total. The van der Waals surface area contributed by atoms with Crippen LogP contribution in [0.1, 0.15) is 15.9 Å². The Morgan fingerprint density at radius 2 is 1.79 bits per heavy atom. The number of carbonyl (C=O) groups is 2. The Kier molecular flexibility index (Phi) is 6.90. The first kappa shape index (κ1) is 22.8. The first-order valence-corrected chi connectivity index (χ1v) is 12.0. The molecule has 9 heteroatoms. The Balaban J connectivity index is 1.48. The first-order valence-electron chi connectivity index (χ1n) is 10.1. The van der Waals surface area contributed by atoms with E-state index in [1.807, 2.05) is 78.5 Å². The zero-order chi connectivity index (χ0) is 23.4. The molecule has 4 aromatic rings. The fourth-order valence-corrected chi connectivity index (χ4v) is 4.96. The van der Waals surface area contributed by atoms with Crippen molar-refractivity contribution >= 4 is 40.0 Å². The van der Waals surface area contributed by atoms with Crippen molar-refractivity contribution in [2.45, 2.75) is 12.1 Å². The Morgan fingerprint density at radius 3 is 2.48 bits per heavy atom. The first-order chi connectivity index (χ1) is 16.0. The molecular formula is C24H22N4O3S2. The van der Waals surface area contributed by atoms with Crippen molar-refractivity contribution < 1.29 is 14.3 Å². The third kappa shape index (κ3) is 4.99. The molecule has 0 aliphatic heterocycles. The second-order valence-corrected chi connectivity index (χ2v) is 9.10. The van der Waals surface area contributed by atoms with Crippen molar-refractivity contribution in [2.75, 3.05) is 18.2 Å². The van der Waals surface area contributed by atoms with Gasteiger partial charge in [0.1, 0.15) is 10.6 Å². The molecule has 0 aliphatic rings. The van der Waals surface area contributed by atoms with Gasteiger partial charge in [-0.05, 0) is 12.5 Å². The smallest absolute Gasteiger partial charge is 0.341 e. The number of esters is 1. The van der Waals surface area contributed by atoms with Gasteiger partial charge in [-0.2, -0.15) is 0 Å². The highest BCUT2D eigenvalue weighted by Gasteiger charge is 2.22. The molecule has 168 valence electrons. The van der Waals surface area contributed by atoms with E-state index in [2.05, 4.69) is 15.5 Å². The summed E-state index contributed by atoms with van der Waals surface area (Å²) in [5.74, 6) is 0.119. The summed E-state index contributed by atoms with van der Waals surface area (Å²) in [5, 5.41) is 14.2. The van der Waals surface area contributed by atoms with Gasteiger partial charge in [0.15, 0.2) is 11.0 Å².